The Hall–Kier alpha value is -3.19. The maximum Gasteiger partial charge on any atom is 0.228 e. The lowest BCUT2D eigenvalue weighted by molar-refractivity contribution is 0.429. The summed E-state index contributed by atoms with van der Waals surface area (Å²) in [6, 6.07) is 11.9. The second-order valence-corrected chi connectivity index (χ2v) is 8.10. The van der Waals surface area contributed by atoms with Crippen LogP contribution in [0.3, 0.4) is 0 Å². The van der Waals surface area contributed by atoms with E-state index >= 15 is 0 Å². The van der Waals surface area contributed by atoms with Gasteiger partial charge < -0.3 is 14.4 Å². The van der Waals surface area contributed by atoms with E-state index in [-0.39, 0.29) is 17.5 Å². The molecule has 0 bridgehead atoms. The molecule has 2 aromatic heterocycles. The van der Waals surface area contributed by atoms with Crippen LogP contribution in [0.4, 0.5) is 4.39 Å². The Morgan fingerprint density at radius 1 is 1.24 bits per heavy atom. The number of benzene rings is 2. The second-order valence-electron chi connectivity index (χ2n) is 7.04. The summed E-state index contributed by atoms with van der Waals surface area (Å²) in [5, 5.41) is 19.2. The molecule has 0 radical (unpaired) electrons. The van der Waals surface area contributed by atoms with E-state index in [1.165, 1.54) is 17.4 Å². The van der Waals surface area contributed by atoms with Crippen LogP contribution in [-0.2, 0) is 6.54 Å². The SMILES string of the molecule is CCCn1cnc2c(c1=N)C(c1ccc(O)cc1)c1sc3c(F)cccc3c1O2. The lowest BCUT2D eigenvalue weighted by atomic mass is 9.88. The summed E-state index contributed by atoms with van der Waals surface area (Å²) < 4.78 is 22.9. The van der Waals surface area contributed by atoms with Crippen molar-refractivity contribution in [3.63, 3.8) is 0 Å². The van der Waals surface area contributed by atoms with Gasteiger partial charge in [-0.05, 0) is 36.2 Å². The van der Waals surface area contributed by atoms with Crippen LogP contribution in [0.2, 0.25) is 0 Å². The molecule has 2 N–H and O–H groups in total. The van der Waals surface area contributed by atoms with Crippen molar-refractivity contribution < 1.29 is 14.2 Å². The highest BCUT2D eigenvalue weighted by Gasteiger charge is 2.35. The molecule has 0 aliphatic carbocycles. The van der Waals surface area contributed by atoms with Crippen LogP contribution in [0.1, 0.15) is 35.3 Å². The monoisotopic (exact) mass is 407 g/mol. The van der Waals surface area contributed by atoms with E-state index in [0.717, 1.165) is 16.9 Å². The molecule has 5 nitrogen and oxygen atoms in total. The summed E-state index contributed by atoms with van der Waals surface area (Å²) >= 11 is 1.34. The van der Waals surface area contributed by atoms with Gasteiger partial charge in [-0.15, -0.1) is 11.3 Å². The summed E-state index contributed by atoms with van der Waals surface area (Å²) in [6.07, 6.45) is 2.50. The fourth-order valence-electron chi connectivity index (χ4n) is 3.85. The predicted octanol–water partition coefficient (Wildman–Crippen LogP) is 5.12. The molecule has 5 rings (SSSR count). The van der Waals surface area contributed by atoms with Crippen molar-refractivity contribution >= 4 is 21.4 Å². The highest BCUT2D eigenvalue weighted by Crippen LogP contribution is 2.52. The largest absolute Gasteiger partial charge is 0.508 e. The molecule has 146 valence electrons. The molecule has 1 aliphatic heterocycles. The first-order chi connectivity index (χ1) is 14.1. The van der Waals surface area contributed by atoms with Gasteiger partial charge in [-0.25, -0.2) is 9.37 Å². The number of halogens is 1. The minimum absolute atomic E-state index is 0.168. The average Bonchev–Trinajstić information content (AvgIpc) is 3.09. The lowest BCUT2D eigenvalue weighted by Crippen LogP contribution is -2.29. The molecule has 3 heterocycles. The van der Waals surface area contributed by atoms with Gasteiger partial charge in [-0.3, -0.25) is 5.41 Å². The highest BCUT2D eigenvalue weighted by atomic mass is 32.1. The predicted molar refractivity (Wildman–Crippen MR) is 109 cm³/mol. The molecule has 1 atom stereocenters. The lowest BCUT2D eigenvalue weighted by Gasteiger charge is -2.26. The number of thiophene rings is 1. The van der Waals surface area contributed by atoms with Crippen LogP contribution in [0.25, 0.3) is 10.1 Å². The van der Waals surface area contributed by atoms with Crippen molar-refractivity contribution in [2.75, 3.05) is 0 Å². The zero-order valence-electron chi connectivity index (χ0n) is 15.6. The number of fused-ring (bicyclic) bond motifs is 4. The van der Waals surface area contributed by atoms with Crippen LogP contribution in [0.15, 0.2) is 48.8 Å². The number of phenols is 1. The third kappa shape index (κ3) is 2.73. The van der Waals surface area contributed by atoms with E-state index in [1.807, 2.05) is 25.1 Å². The van der Waals surface area contributed by atoms with Crippen LogP contribution >= 0.6 is 11.3 Å². The van der Waals surface area contributed by atoms with Crippen molar-refractivity contribution in [1.29, 1.82) is 5.41 Å². The van der Waals surface area contributed by atoms with Gasteiger partial charge in [0.1, 0.15) is 23.4 Å². The minimum Gasteiger partial charge on any atom is -0.508 e. The van der Waals surface area contributed by atoms with Gasteiger partial charge in [0.2, 0.25) is 5.88 Å². The van der Waals surface area contributed by atoms with E-state index in [2.05, 4.69) is 4.98 Å². The van der Waals surface area contributed by atoms with E-state index < -0.39 is 0 Å². The molecule has 0 amide bonds. The smallest absolute Gasteiger partial charge is 0.228 e. The highest BCUT2D eigenvalue weighted by molar-refractivity contribution is 7.19. The summed E-state index contributed by atoms with van der Waals surface area (Å²) in [5.41, 5.74) is 1.88. The molecule has 0 saturated carbocycles. The average molecular weight is 407 g/mol. The maximum absolute atomic E-state index is 14.5. The van der Waals surface area contributed by atoms with Crippen LogP contribution < -0.4 is 10.2 Å². The van der Waals surface area contributed by atoms with E-state index in [0.29, 0.717) is 39.3 Å². The molecule has 1 unspecified atom stereocenters. The molecule has 1 aliphatic rings. The van der Waals surface area contributed by atoms with Gasteiger partial charge in [0.05, 0.1) is 21.1 Å². The van der Waals surface area contributed by atoms with Gasteiger partial charge in [0, 0.05) is 11.9 Å². The Morgan fingerprint density at radius 3 is 2.79 bits per heavy atom. The standard InChI is InChI=1S/C22H18FN3O2S/c1-2-10-26-11-25-22-17(21(26)24)16(12-6-8-13(27)9-7-12)20-18(28-22)14-4-3-5-15(23)19(14)29-20/h3-9,11,16,24,27H,2,10H2,1H3. The molecule has 2 aromatic carbocycles. The van der Waals surface area contributed by atoms with Crippen molar-refractivity contribution in [1.82, 2.24) is 9.55 Å². The Morgan fingerprint density at radius 2 is 2.03 bits per heavy atom. The number of rotatable bonds is 3. The van der Waals surface area contributed by atoms with Crippen molar-refractivity contribution in [3.05, 3.63) is 76.1 Å². The molecule has 4 aromatic rings. The second kappa shape index (κ2) is 6.70. The maximum atomic E-state index is 14.5. The van der Waals surface area contributed by atoms with E-state index in [1.54, 1.807) is 29.1 Å². The number of nitrogens with one attached hydrogen (secondary N) is 1. The zero-order chi connectivity index (χ0) is 20.1. The number of aromatic nitrogens is 2. The Balaban J connectivity index is 1.83. The van der Waals surface area contributed by atoms with Gasteiger partial charge in [0.25, 0.3) is 0 Å². The first kappa shape index (κ1) is 17.9. The van der Waals surface area contributed by atoms with Crippen molar-refractivity contribution in [2.45, 2.75) is 25.8 Å². The first-order valence-corrected chi connectivity index (χ1v) is 10.2. The molecular formula is C22H18FN3O2S. The third-order valence-corrected chi connectivity index (χ3v) is 6.44. The van der Waals surface area contributed by atoms with Crippen LogP contribution in [-0.4, -0.2) is 14.7 Å². The number of hydrogen-bond acceptors (Lipinski definition) is 5. The fourth-order valence-corrected chi connectivity index (χ4v) is 5.12. The molecule has 29 heavy (non-hydrogen) atoms. The van der Waals surface area contributed by atoms with Crippen LogP contribution in [0, 0.1) is 11.2 Å². The normalized spacial score (nSPS) is 15.0. The van der Waals surface area contributed by atoms with Crippen molar-refractivity contribution in [2.24, 2.45) is 0 Å². The Kier molecular flexibility index (Phi) is 4.13. The molecule has 0 fully saturated rings. The van der Waals surface area contributed by atoms with Gasteiger partial charge in [0.15, 0.2) is 5.75 Å². The number of aryl methyl sites for hydroxylation is 1. The molecule has 0 saturated heterocycles. The zero-order valence-corrected chi connectivity index (χ0v) is 16.5. The number of ether oxygens (including phenoxy) is 1. The molecular weight excluding hydrogens is 389 g/mol. The van der Waals surface area contributed by atoms with Crippen LogP contribution in [0.5, 0.6) is 17.4 Å². The quantitative estimate of drug-likeness (QED) is 0.436. The minimum atomic E-state index is -0.324. The summed E-state index contributed by atoms with van der Waals surface area (Å²) in [4.78, 5) is 5.32. The van der Waals surface area contributed by atoms with Crippen molar-refractivity contribution in [3.8, 4) is 17.4 Å². The van der Waals surface area contributed by atoms with Gasteiger partial charge in [-0.1, -0.05) is 25.1 Å². The Bertz CT molecular complexity index is 1290. The van der Waals surface area contributed by atoms with E-state index in [9.17, 15) is 9.50 Å². The van der Waals surface area contributed by atoms with E-state index in [4.69, 9.17) is 10.1 Å². The summed E-state index contributed by atoms with van der Waals surface area (Å²) in [6.45, 7) is 2.72. The summed E-state index contributed by atoms with van der Waals surface area (Å²) in [5.74, 6) is 0.517. The fraction of sp³-hybridized carbons (Fsp3) is 0.182. The third-order valence-electron chi connectivity index (χ3n) is 5.18. The Labute approximate surface area is 170 Å². The number of hydrogen-bond donors (Lipinski definition) is 2. The van der Waals surface area contributed by atoms with Gasteiger partial charge in [-0.2, -0.15) is 0 Å². The topological polar surface area (TPSA) is 71.1 Å². The first-order valence-electron chi connectivity index (χ1n) is 9.40. The number of aromatic hydroxyl groups is 1. The van der Waals surface area contributed by atoms with Gasteiger partial charge >= 0.3 is 0 Å². The summed E-state index contributed by atoms with van der Waals surface area (Å²) in [7, 11) is 0. The molecule has 7 heteroatoms. The number of phenolic OH excluding ortho intramolecular Hbond substituents is 1. The number of nitrogens with zero attached hydrogens (tertiary/aromatic N) is 2. The molecule has 0 spiro atoms.